The molecule has 5 nitrogen and oxygen atoms in total. The zero-order valence-corrected chi connectivity index (χ0v) is 27.6. The van der Waals surface area contributed by atoms with Crippen LogP contribution in [0.3, 0.4) is 0 Å². The molecule has 1 saturated heterocycles. The Labute approximate surface area is 277 Å². The first-order valence-corrected chi connectivity index (χ1v) is 17.5. The van der Waals surface area contributed by atoms with Crippen LogP contribution in [-0.4, -0.2) is 44.7 Å². The quantitative estimate of drug-likeness (QED) is 0.164. The molecule has 2 fully saturated rings. The Morgan fingerprint density at radius 3 is 2.70 bits per heavy atom. The van der Waals surface area contributed by atoms with Crippen LogP contribution in [0.1, 0.15) is 75.0 Å². The maximum Gasteiger partial charge on any atom is 0.124 e. The molecule has 1 saturated carbocycles. The lowest BCUT2D eigenvalue weighted by molar-refractivity contribution is 0.334. The van der Waals surface area contributed by atoms with E-state index in [0.717, 1.165) is 92.4 Å². The van der Waals surface area contributed by atoms with E-state index >= 15 is 0 Å². The number of nitrogens with zero attached hydrogens (tertiary/aromatic N) is 3. The minimum atomic E-state index is -0.186. The summed E-state index contributed by atoms with van der Waals surface area (Å²) in [5.41, 5.74) is 9.25. The molecule has 0 bridgehead atoms. The average molecular weight is 628 g/mol. The van der Waals surface area contributed by atoms with Gasteiger partial charge in [-0.3, -0.25) is 10.1 Å². The summed E-state index contributed by atoms with van der Waals surface area (Å²) in [6, 6.07) is 16.1. The lowest BCUT2D eigenvalue weighted by Gasteiger charge is -2.21. The number of aromatic amines is 2. The van der Waals surface area contributed by atoms with Crippen molar-refractivity contribution >= 4 is 29.1 Å². The summed E-state index contributed by atoms with van der Waals surface area (Å²) in [6.45, 7) is 9.98. The van der Waals surface area contributed by atoms with Gasteiger partial charge in [0.2, 0.25) is 0 Å². The van der Waals surface area contributed by atoms with E-state index in [9.17, 15) is 4.39 Å². The number of aryl methyl sites for hydroxylation is 1. The minimum Gasteiger partial charge on any atom is -0.353 e. The van der Waals surface area contributed by atoms with Crippen molar-refractivity contribution in [1.29, 1.82) is 0 Å². The molecule has 0 atom stereocenters. The monoisotopic (exact) mass is 627 g/mol. The Bertz CT molecular complexity index is 1990. The van der Waals surface area contributed by atoms with Gasteiger partial charge in [0.1, 0.15) is 11.5 Å². The number of likely N-dealkylation sites (tertiary alicyclic amines) is 1. The van der Waals surface area contributed by atoms with Crippen LogP contribution < -0.4 is 10.6 Å². The van der Waals surface area contributed by atoms with Gasteiger partial charge in [-0.2, -0.15) is 5.10 Å². The third-order valence-electron chi connectivity index (χ3n) is 10.2. The number of halogens is 1. The third-order valence-corrected chi connectivity index (χ3v) is 10.2. The molecule has 0 spiro atoms. The molecule has 47 heavy (non-hydrogen) atoms. The van der Waals surface area contributed by atoms with E-state index in [1.54, 1.807) is 12.1 Å². The van der Waals surface area contributed by atoms with Crippen molar-refractivity contribution in [3.05, 3.63) is 100 Å². The molecule has 5 aromatic rings. The number of rotatable bonds is 10. The van der Waals surface area contributed by atoms with E-state index in [1.165, 1.54) is 63.6 Å². The second-order valence-electron chi connectivity index (χ2n) is 13.7. The van der Waals surface area contributed by atoms with Gasteiger partial charge >= 0.3 is 0 Å². The lowest BCUT2D eigenvalue weighted by atomic mass is 9.85. The van der Waals surface area contributed by atoms with Crippen molar-refractivity contribution < 1.29 is 4.39 Å². The first-order valence-electron chi connectivity index (χ1n) is 17.5. The molecule has 0 unspecified atom stereocenters. The fourth-order valence-corrected chi connectivity index (χ4v) is 7.58. The van der Waals surface area contributed by atoms with E-state index in [-0.39, 0.29) is 5.82 Å². The van der Waals surface area contributed by atoms with Crippen LogP contribution in [0.4, 0.5) is 4.39 Å². The Morgan fingerprint density at radius 2 is 1.85 bits per heavy atom. The van der Waals surface area contributed by atoms with E-state index in [4.69, 9.17) is 0 Å². The van der Waals surface area contributed by atoms with Gasteiger partial charge in [0.25, 0.3) is 0 Å². The Balaban J connectivity index is 1.11. The van der Waals surface area contributed by atoms with Gasteiger partial charge in [-0.15, -0.1) is 0 Å². The topological polar surface area (TPSA) is 60.6 Å². The smallest absolute Gasteiger partial charge is 0.124 e. The number of aromatic nitrogens is 4. The molecule has 3 aromatic heterocycles. The number of allylic oxidation sites excluding steroid dienone is 2. The maximum absolute atomic E-state index is 14.9. The summed E-state index contributed by atoms with van der Waals surface area (Å²) >= 11 is 0. The van der Waals surface area contributed by atoms with Gasteiger partial charge in [0.05, 0.1) is 11.0 Å². The van der Waals surface area contributed by atoms with Crippen LogP contribution in [-0.2, 0) is 12.8 Å². The Hall–Kier alpha value is -4.29. The summed E-state index contributed by atoms with van der Waals surface area (Å²) in [4.78, 5) is 10.6. The zero-order chi connectivity index (χ0) is 32.2. The standard InChI is InChI=1S/C41H46FN5/c1-28(34-22-32(26-43-27-34)20-30-10-4-3-5-11-30)15-16-38-29(2)41(46-45-38)40-25-37-36(13-8-14-39(37)44-40)33-21-31(23-35(42)24-33)12-9-19-47-17-6-7-18-47/h8,13-16,21-27,30,44-45H,2-7,9-12,17-20H2,1H3/b28-15+,38-16+. The number of pyridine rings is 1. The molecule has 242 valence electrons. The van der Waals surface area contributed by atoms with Gasteiger partial charge < -0.3 is 9.88 Å². The fraction of sp³-hybridized carbons (Fsp3) is 0.366. The normalized spacial score (nSPS) is 16.9. The van der Waals surface area contributed by atoms with Crippen molar-refractivity contribution in [3.8, 4) is 22.5 Å². The van der Waals surface area contributed by atoms with E-state index in [1.807, 2.05) is 24.5 Å². The van der Waals surface area contributed by atoms with Crippen molar-refractivity contribution in [2.45, 2.75) is 71.1 Å². The molecular weight excluding hydrogens is 581 g/mol. The summed E-state index contributed by atoms with van der Waals surface area (Å²) in [5, 5.41) is 10.6. The highest BCUT2D eigenvalue weighted by molar-refractivity contribution is 5.98. The van der Waals surface area contributed by atoms with Crippen LogP contribution in [0.2, 0.25) is 0 Å². The lowest BCUT2D eigenvalue weighted by Crippen LogP contribution is -2.21. The molecule has 7 rings (SSSR count). The molecule has 2 aliphatic rings. The summed E-state index contributed by atoms with van der Waals surface area (Å²) in [5.74, 6) is 0.601. The average Bonchev–Trinajstić information content (AvgIpc) is 3.84. The van der Waals surface area contributed by atoms with E-state index in [0.29, 0.717) is 0 Å². The van der Waals surface area contributed by atoms with Gasteiger partial charge in [-0.05, 0) is 134 Å². The highest BCUT2D eigenvalue weighted by atomic mass is 19.1. The van der Waals surface area contributed by atoms with Crippen molar-refractivity contribution in [2.75, 3.05) is 19.6 Å². The molecule has 1 aliphatic carbocycles. The fourth-order valence-electron chi connectivity index (χ4n) is 7.58. The summed E-state index contributed by atoms with van der Waals surface area (Å²) in [7, 11) is 0. The SMILES string of the molecule is C=c1c(-c2cc3c(-c4cc(F)cc(CCCN5CCCC5)c4)cccc3[nH]2)n[nH]/c1=C/C=C(\C)c1cncc(CC2CCCCC2)c1. The highest BCUT2D eigenvalue weighted by Crippen LogP contribution is 2.33. The molecule has 2 aromatic carbocycles. The van der Waals surface area contributed by atoms with Crippen LogP contribution in [0, 0.1) is 11.7 Å². The summed E-state index contributed by atoms with van der Waals surface area (Å²) < 4.78 is 14.9. The van der Waals surface area contributed by atoms with Crippen LogP contribution in [0.25, 0.3) is 51.6 Å². The first kappa shape index (κ1) is 31.3. The van der Waals surface area contributed by atoms with Gasteiger partial charge in [-0.25, -0.2) is 4.39 Å². The molecule has 0 amide bonds. The minimum absolute atomic E-state index is 0.186. The third kappa shape index (κ3) is 7.33. The number of hydrogen-bond acceptors (Lipinski definition) is 3. The maximum atomic E-state index is 14.9. The number of benzene rings is 2. The molecule has 0 radical (unpaired) electrons. The van der Waals surface area contributed by atoms with Crippen molar-refractivity contribution in [2.24, 2.45) is 5.92 Å². The van der Waals surface area contributed by atoms with Crippen molar-refractivity contribution in [3.63, 3.8) is 0 Å². The largest absolute Gasteiger partial charge is 0.353 e. The van der Waals surface area contributed by atoms with Crippen LogP contribution in [0.5, 0.6) is 0 Å². The second kappa shape index (κ2) is 14.2. The summed E-state index contributed by atoms with van der Waals surface area (Å²) in [6.07, 6.45) is 20.6. The molecule has 1 aliphatic heterocycles. The number of H-pyrrole nitrogens is 2. The van der Waals surface area contributed by atoms with Gasteiger partial charge in [0, 0.05) is 28.5 Å². The Kier molecular flexibility index (Phi) is 9.48. The number of hydrogen-bond donors (Lipinski definition) is 2. The zero-order valence-electron chi connectivity index (χ0n) is 27.6. The molecule has 6 heteroatoms. The number of fused-ring (bicyclic) bond motifs is 1. The van der Waals surface area contributed by atoms with Crippen LogP contribution in [0.15, 0.2) is 67.0 Å². The molecular formula is C41H46FN5. The highest BCUT2D eigenvalue weighted by Gasteiger charge is 2.16. The Morgan fingerprint density at radius 1 is 1.00 bits per heavy atom. The predicted molar refractivity (Wildman–Crippen MR) is 193 cm³/mol. The van der Waals surface area contributed by atoms with E-state index < -0.39 is 0 Å². The van der Waals surface area contributed by atoms with E-state index in [2.05, 4.69) is 75.0 Å². The first-order chi connectivity index (χ1) is 23.0. The van der Waals surface area contributed by atoms with Gasteiger partial charge in [-0.1, -0.05) is 63.0 Å². The van der Waals surface area contributed by atoms with Gasteiger partial charge in [0.15, 0.2) is 0 Å². The molecule has 2 N–H and O–H groups in total. The predicted octanol–water partition coefficient (Wildman–Crippen LogP) is 8.20. The van der Waals surface area contributed by atoms with Crippen molar-refractivity contribution in [1.82, 2.24) is 25.1 Å². The second-order valence-corrected chi connectivity index (χ2v) is 13.7. The molecule has 4 heterocycles. The number of nitrogens with one attached hydrogen (secondary N) is 2. The van der Waals surface area contributed by atoms with Crippen LogP contribution >= 0.6 is 0 Å².